The highest BCUT2D eigenvalue weighted by atomic mass is 32.2. The molecule has 0 aliphatic heterocycles. The quantitative estimate of drug-likeness (QED) is 0.337. The number of ketones is 2. The van der Waals surface area contributed by atoms with Gasteiger partial charge in [0.05, 0.1) is 13.0 Å². The van der Waals surface area contributed by atoms with Gasteiger partial charge in [-0.15, -0.1) is 0 Å². The van der Waals surface area contributed by atoms with Gasteiger partial charge in [-0.3, -0.25) is 9.59 Å². The first-order chi connectivity index (χ1) is 11.1. The summed E-state index contributed by atoms with van der Waals surface area (Å²) in [6, 6.07) is 16.8. The molecule has 0 aliphatic rings. The number of hydrogen-bond donors (Lipinski definition) is 0. The Labute approximate surface area is 138 Å². The van der Waals surface area contributed by atoms with E-state index in [0.29, 0.717) is 5.56 Å². The molecule has 0 radical (unpaired) electrons. The highest BCUT2D eigenvalue weighted by Crippen LogP contribution is 2.28. The molecule has 0 saturated heterocycles. The molecule has 2 aromatic carbocycles. The van der Waals surface area contributed by atoms with Crippen molar-refractivity contribution in [1.82, 2.24) is 0 Å². The largest absolute Gasteiger partial charge is 0.460 e. The summed E-state index contributed by atoms with van der Waals surface area (Å²) in [6.45, 7) is 1.72. The van der Waals surface area contributed by atoms with Crippen molar-refractivity contribution in [2.45, 2.75) is 23.1 Å². The van der Waals surface area contributed by atoms with Crippen LogP contribution in [0.2, 0.25) is 0 Å². The summed E-state index contributed by atoms with van der Waals surface area (Å²) in [5.41, 5.74) is 0.406. The standard InChI is InChI=1S/C18H16O4S/c1-2-22-18(21)17(20)12-16(19)13-7-6-10-15(11-13)23-14-8-4-3-5-9-14/h3-11H,2,12H2,1H3. The van der Waals surface area contributed by atoms with E-state index in [1.807, 2.05) is 36.4 Å². The summed E-state index contributed by atoms with van der Waals surface area (Å²) in [6.07, 6.45) is -0.474. The van der Waals surface area contributed by atoms with Crippen molar-refractivity contribution < 1.29 is 19.1 Å². The van der Waals surface area contributed by atoms with Gasteiger partial charge in [0.25, 0.3) is 0 Å². The first kappa shape index (κ1) is 17.0. The topological polar surface area (TPSA) is 60.4 Å². The third kappa shape index (κ3) is 5.07. The van der Waals surface area contributed by atoms with Crippen LogP contribution in [0.25, 0.3) is 0 Å². The summed E-state index contributed by atoms with van der Waals surface area (Å²) in [4.78, 5) is 37.0. The van der Waals surface area contributed by atoms with Gasteiger partial charge in [0.15, 0.2) is 5.78 Å². The van der Waals surface area contributed by atoms with E-state index in [0.717, 1.165) is 9.79 Å². The number of Topliss-reactive ketones (excluding diaryl/α,β-unsaturated/α-hetero) is 2. The van der Waals surface area contributed by atoms with Gasteiger partial charge in [0.1, 0.15) is 0 Å². The van der Waals surface area contributed by atoms with Crippen molar-refractivity contribution >= 4 is 29.3 Å². The Morgan fingerprint density at radius 3 is 2.35 bits per heavy atom. The molecule has 118 valence electrons. The first-order valence-electron chi connectivity index (χ1n) is 7.16. The van der Waals surface area contributed by atoms with Crippen LogP contribution in [-0.4, -0.2) is 24.1 Å². The average Bonchev–Trinajstić information content (AvgIpc) is 2.56. The van der Waals surface area contributed by atoms with Crippen LogP contribution >= 0.6 is 11.8 Å². The molecular weight excluding hydrogens is 312 g/mol. The molecule has 0 aliphatic carbocycles. The van der Waals surface area contributed by atoms with E-state index in [-0.39, 0.29) is 6.61 Å². The van der Waals surface area contributed by atoms with Crippen LogP contribution < -0.4 is 0 Å². The third-order valence-electron chi connectivity index (χ3n) is 2.96. The molecule has 0 amide bonds. The van der Waals surface area contributed by atoms with E-state index in [9.17, 15) is 14.4 Å². The number of ether oxygens (including phenoxy) is 1. The second kappa shape index (κ2) is 8.29. The Morgan fingerprint density at radius 2 is 1.65 bits per heavy atom. The molecular formula is C18H16O4S. The van der Waals surface area contributed by atoms with Gasteiger partial charge in [-0.2, -0.15) is 0 Å². The van der Waals surface area contributed by atoms with E-state index in [2.05, 4.69) is 4.74 Å². The zero-order valence-corrected chi connectivity index (χ0v) is 13.5. The number of benzene rings is 2. The number of carbonyl (C=O) groups excluding carboxylic acids is 3. The lowest BCUT2D eigenvalue weighted by atomic mass is 10.1. The predicted octanol–water partition coefficient (Wildman–Crippen LogP) is 3.54. The lowest BCUT2D eigenvalue weighted by Gasteiger charge is -2.05. The molecule has 4 nitrogen and oxygen atoms in total. The second-order valence-electron chi connectivity index (χ2n) is 4.69. The lowest BCUT2D eigenvalue weighted by Crippen LogP contribution is -2.20. The third-order valence-corrected chi connectivity index (χ3v) is 3.96. The predicted molar refractivity (Wildman–Crippen MR) is 87.6 cm³/mol. The first-order valence-corrected chi connectivity index (χ1v) is 7.98. The average molecular weight is 328 g/mol. The van der Waals surface area contributed by atoms with Gasteiger partial charge in [0.2, 0.25) is 5.78 Å². The molecule has 2 aromatic rings. The van der Waals surface area contributed by atoms with Crippen molar-refractivity contribution in [2.24, 2.45) is 0 Å². The van der Waals surface area contributed by atoms with Crippen molar-refractivity contribution in [2.75, 3.05) is 6.61 Å². The van der Waals surface area contributed by atoms with E-state index in [4.69, 9.17) is 0 Å². The Hall–Kier alpha value is -2.40. The van der Waals surface area contributed by atoms with E-state index in [1.165, 1.54) is 11.8 Å². The minimum Gasteiger partial charge on any atom is -0.460 e. The molecule has 0 spiro atoms. The van der Waals surface area contributed by atoms with Gasteiger partial charge in [-0.1, -0.05) is 42.1 Å². The van der Waals surface area contributed by atoms with Crippen molar-refractivity contribution in [3.63, 3.8) is 0 Å². The highest BCUT2D eigenvalue weighted by molar-refractivity contribution is 7.99. The smallest absolute Gasteiger partial charge is 0.375 e. The summed E-state index contributed by atoms with van der Waals surface area (Å²) in [5, 5.41) is 0. The van der Waals surface area contributed by atoms with Crippen LogP contribution in [0.4, 0.5) is 0 Å². The van der Waals surface area contributed by atoms with E-state index >= 15 is 0 Å². The molecule has 0 fully saturated rings. The van der Waals surface area contributed by atoms with Crippen molar-refractivity contribution in [3.8, 4) is 0 Å². The Bertz CT molecular complexity index is 710. The highest BCUT2D eigenvalue weighted by Gasteiger charge is 2.20. The Morgan fingerprint density at radius 1 is 0.957 bits per heavy atom. The molecule has 0 heterocycles. The van der Waals surface area contributed by atoms with Crippen LogP contribution in [-0.2, 0) is 14.3 Å². The maximum absolute atomic E-state index is 12.1. The molecule has 0 aromatic heterocycles. The van der Waals surface area contributed by atoms with E-state index in [1.54, 1.807) is 25.1 Å². The van der Waals surface area contributed by atoms with Gasteiger partial charge in [-0.05, 0) is 31.2 Å². The molecule has 0 unspecified atom stereocenters. The van der Waals surface area contributed by atoms with Crippen LogP contribution in [0.3, 0.4) is 0 Å². The zero-order valence-electron chi connectivity index (χ0n) is 12.7. The fourth-order valence-corrected chi connectivity index (χ4v) is 2.79. The second-order valence-corrected chi connectivity index (χ2v) is 5.83. The van der Waals surface area contributed by atoms with Crippen molar-refractivity contribution in [3.05, 3.63) is 60.2 Å². The fourth-order valence-electron chi connectivity index (χ4n) is 1.89. The summed E-state index contributed by atoms with van der Waals surface area (Å²) >= 11 is 1.52. The summed E-state index contributed by atoms with van der Waals surface area (Å²) in [7, 11) is 0. The van der Waals surface area contributed by atoms with Crippen LogP contribution in [0.1, 0.15) is 23.7 Å². The molecule has 2 rings (SSSR count). The van der Waals surface area contributed by atoms with Gasteiger partial charge in [0, 0.05) is 15.4 Å². The van der Waals surface area contributed by atoms with Gasteiger partial charge >= 0.3 is 5.97 Å². The lowest BCUT2D eigenvalue weighted by molar-refractivity contribution is -0.153. The Kier molecular flexibility index (Phi) is 6.11. The molecule has 0 saturated carbocycles. The number of carbonyl (C=O) groups is 3. The monoisotopic (exact) mass is 328 g/mol. The van der Waals surface area contributed by atoms with Gasteiger partial charge in [-0.25, -0.2) is 4.79 Å². The summed E-state index contributed by atoms with van der Waals surface area (Å²) < 4.78 is 4.60. The molecule has 0 bridgehead atoms. The van der Waals surface area contributed by atoms with Gasteiger partial charge < -0.3 is 4.74 Å². The maximum atomic E-state index is 12.1. The number of rotatable bonds is 7. The molecule has 0 N–H and O–H groups in total. The summed E-state index contributed by atoms with van der Waals surface area (Å²) in [5.74, 6) is -2.17. The van der Waals surface area contributed by atoms with E-state index < -0.39 is 24.0 Å². The minimum absolute atomic E-state index is 0.113. The normalized spacial score (nSPS) is 10.1. The van der Waals surface area contributed by atoms with Crippen molar-refractivity contribution in [1.29, 1.82) is 0 Å². The maximum Gasteiger partial charge on any atom is 0.375 e. The van der Waals surface area contributed by atoms with Crippen LogP contribution in [0, 0.1) is 0 Å². The fraction of sp³-hybridized carbons (Fsp3) is 0.167. The molecule has 23 heavy (non-hydrogen) atoms. The molecule has 5 heteroatoms. The molecule has 0 atom stereocenters. The number of esters is 1. The zero-order chi connectivity index (χ0) is 16.7. The van der Waals surface area contributed by atoms with Crippen LogP contribution in [0.15, 0.2) is 64.4 Å². The Balaban J connectivity index is 2.05. The SMILES string of the molecule is CCOC(=O)C(=O)CC(=O)c1cccc(Sc2ccccc2)c1. The number of hydrogen-bond acceptors (Lipinski definition) is 5. The minimum atomic E-state index is -0.962. The van der Waals surface area contributed by atoms with Crippen LogP contribution in [0.5, 0.6) is 0 Å².